The lowest BCUT2D eigenvalue weighted by Gasteiger charge is -2.28. The molecule has 1 aromatic rings. The SMILES string of the molecule is CC(c1cscn1)N(C)C1CCNC1. The standard InChI is InChI=1S/C10H17N3S/c1-8(10-6-14-7-12-10)13(2)9-3-4-11-5-9/h6-9,11H,3-5H2,1-2H3. The third-order valence-corrected chi connectivity index (χ3v) is 3.71. The minimum absolute atomic E-state index is 0.436. The molecule has 1 saturated heterocycles. The molecule has 2 atom stereocenters. The van der Waals surface area contributed by atoms with Crippen molar-refractivity contribution in [2.24, 2.45) is 0 Å². The van der Waals surface area contributed by atoms with Crippen LogP contribution in [0.15, 0.2) is 10.9 Å². The molecule has 2 heterocycles. The van der Waals surface area contributed by atoms with Crippen LogP contribution in [-0.2, 0) is 0 Å². The van der Waals surface area contributed by atoms with Crippen molar-refractivity contribution < 1.29 is 0 Å². The largest absolute Gasteiger partial charge is 0.315 e. The van der Waals surface area contributed by atoms with E-state index in [1.54, 1.807) is 11.3 Å². The zero-order valence-corrected chi connectivity index (χ0v) is 9.55. The van der Waals surface area contributed by atoms with Gasteiger partial charge in [-0.2, -0.15) is 0 Å². The summed E-state index contributed by atoms with van der Waals surface area (Å²) in [7, 11) is 2.20. The Morgan fingerprint density at radius 3 is 3.14 bits per heavy atom. The predicted molar refractivity (Wildman–Crippen MR) is 59.6 cm³/mol. The van der Waals surface area contributed by atoms with Gasteiger partial charge in [-0.25, -0.2) is 4.98 Å². The summed E-state index contributed by atoms with van der Waals surface area (Å²) < 4.78 is 0. The highest BCUT2D eigenvalue weighted by molar-refractivity contribution is 7.07. The molecule has 0 aliphatic carbocycles. The van der Waals surface area contributed by atoms with Crippen LogP contribution >= 0.6 is 11.3 Å². The number of aromatic nitrogens is 1. The number of likely N-dealkylation sites (N-methyl/N-ethyl adjacent to an activating group) is 1. The lowest BCUT2D eigenvalue weighted by Crippen LogP contribution is -2.35. The molecule has 78 valence electrons. The number of hydrogen-bond donors (Lipinski definition) is 1. The molecule has 0 aromatic carbocycles. The van der Waals surface area contributed by atoms with Crippen molar-refractivity contribution in [1.82, 2.24) is 15.2 Å². The van der Waals surface area contributed by atoms with Crippen molar-refractivity contribution in [2.45, 2.75) is 25.4 Å². The molecule has 0 saturated carbocycles. The lowest BCUT2D eigenvalue weighted by molar-refractivity contribution is 0.194. The van der Waals surface area contributed by atoms with Gasteiger partial charge < -0.3 is 5.32 Å². The van der Waals surface area contributed by atoms with Crippen LogP contribution in [0.3, 0.4) is 0 Å². The Hall–Kier alpha value is -0.450. The summed E-state index contributed by atoms with van der Waals surface area (Å²) in [4.78, 5) is 6.79. The Kier molecular flexibility index (Phi) is 3.15. The van der Waals surface area contributed by atoms with Crippen LogP contribution in [-0.4, -0.2) is 36.1 Å². The summed E-state index contributed by atoms with van der Waals surface area (Å²) in [5, 5.41) is 5.54. The van der Waals surface area contributed by atoms with E-state index < -0.39 is 0 Å². The molecule has 0 amide bonds. The molecule has 0 spiro atoms. The van der Waals surface area contributed by atoms with Crippen molar-refractivity contribution in [2.75, 3.05) is 20.1 Å². The fraction of sp³-hybridized carbons (Fsp3) is 0.700. The van der Waals surface area contributed by atoms with Gasteiger partial charge in [0.15, 0.2) is 0 Å². The van der Waals surface area contributed by atoms with Crippen molar-refractivity contribution >= 4 is 11.3 Å². The van der Waals surface area contributed by atoms with E-state index in [0.29, 0.717) is 12.1 Å². The average Bonchev–Trinajstić information content (AvgIpc) is 2.87. The van der Waals surface area contributed by atoms with Crippen molar-refractivity contribution in [3.8, 4) is 0 Å². The lowest BCUT2D eigenvalue weighted by atomic mass is 10.1. The van der Waals surface area contributed by atoms with Crippen molar-refractivity contribution in [3.63, 3.8) is 0 Å². The molecule has 1 aliphatic rings. The first kappa shape index (κ1) is 10.1. The van der Waals surface area contributed by atoms with Crippen LogP contribution in [0.1, 0.15) is 25.1 Å². The Bertz CT molecular complexity index is 267. The molecule has 2 rings (SSSR count). The molecule has 2 unspecified atom stereocenters. The van der Waals surface area contributed by atoms with Gasteiger partial charge in [0, 0.05) is 18.0 Å². The minimum atomic E-state index is 0.436. The molecule has 1 N–H and O–H groups in total. The molecule has 0 radical (unpaired) electrons. The van der Waals surface area contributed by atoms with Gasteiger partial charge in [0.25, 0.3) is 0 Å². The van der Waals surface area contributed by atoms with Crippen molar-refractivity contribution in [3.05, 3.63) is 16.6 Å². The topological polar surface area (TPSA) is 28.2 Å². The Morgan fingerprint density at radius 2 is 2.57 bits per heavy atom. The van der Waals surface area contributed by atoms with Crippen LogP contribution in [0.5, 0.6) is 0 Å². The maximum atomic E-state index is 4.37. The first-order valence-electron chi connectivity index (χ1n) is 5.10. The summed E-state index contributed by atoms with van der Waals surface area (Å²) in [6.07, 6.45) is 1.25. The number of hydrogen-bond acceptors (Lipinski definition) is 4. The van der Waals surface area contributed by atoms with Crippen LogP contribution in [0, 0.1) is 0 Å². The normalized spacial score (nSPS) is 24.4. The molecular weight excluding hydrogens is 194 g/mol. The van der Waals surface area contributed by atoms with Gasteiger partial charge in [-0.3, -0.25) is 4.90 Å². The van der Waals surface area contributed by atoms with E-state index in [9.17, 15) is 0 Å². The summed E-state index contributed by atoms with van der Waals surface area (Å²) in [5.41, 5.74) is 3.11. The van der Waals surface area contributed by atoms with Crippen LogP contribution in [0.2, 0.25) is 0 Å². The molecule has 1 aliphatic heterocycles. The second kappa shape index (κ2) is 4.38. The summed E-state index contributed by atoms with van der Waals surface area (Å²) in [5.74, 6) is 0. The van der Waals surface area contributed by atoms with E-state index >= 15 is 0 Å². The summed E-state index contributed by atoms with van der Waals surface area (Å²) in [6.45, 7) is 4.50. The van der Waals surface area contributed by atoms with E-state index in [4.69, 9.17) is 0 Å². The maximum Gasteiger partial charge on any atom is 0.0795 e. The first-order chi connectivity index (χ1) is 6.79. The fourth-order valence-corrected chi connectivity index (χ4v) is 2.58. The van der Waals surface area contributed by atoms with E-state index in [-0.39, 0.29) is 0 Å². The van der Waals surface area contributed by atoms with Crippen LogP contribution in [0.25, 0.3) is 0 Å². The van der Waals surface area contributed by atoms with Gasteiger partial charge in [-0.1, -0.05) is 0 Å². The van der Waals surface area contributed by atoms with Gasteiger partial charge in [0.1, 0.15) is 0 Å². The van der Waals surface area contributed by atoms with E-state index in [0.717, 1.165) is 13.1 Å². The number of thiazole rings is 1. The molecule has 4 heteroatoms. The molecular formula is C10H17N3S. The average molecular weight is 211 g/mol. The molecule has 14 heavy (non-hydrogen) atoms. The Labute approximate surface area is 89.1 Å². The van der Waals surface area contributed by atoms with Crippen LogP contribution in [0.4, 0.5) is 0 Å². The molecule has 0 bridgehead atoms. The second-order valence-corrected chi connectivity index (χ2v) is 4.62. The predicted octanol–water partition coefficient (Wildman–Crippen LogP) is 1.50. The monoisotopic (exact) mass is 211 g/mol. The van der Waals surface area contributed by atoms with Gasteiger partial charge in [-0.15, -0.1) is 11.3 Å². The van der Waals surface area contributed by atoms with E-state index in [1.165, 1.54) is 12.1 Å². The quantitative estimate of drug-likeness (QED) is 0.821. The maximum absolute atomic E-state index is 4.37. The van der Waals surface area contributed by atoms with Crippen LogP contribution < -0.4 is 5.32 Å². The molecule has 1 fully saturated rings. The third kappa shape index (κ3) is 1.97. The fourth-order valence-electron chi connectivity index (χ4n) is 1.94. The summed E-state index contributed by atoms with van der Waals surface area (Å²) >= 11 is 1.67. The third-order valence-electron chi connectivity index (χ3n) is 3.10. The van der Waals surface area contributed by atoms with E-state index in [1.807, 2.05) is 5.51 Å². The van der Waals surface area contributed by atoms with E-state index in [2.05, 4.69) is 34.6 Å². The molecule has 1 aromatic heterocycles. The Morgan fingerprint density at radius 1 is 1.71 bits per heavy atom. The number of nitrogens with one attached hydrogen (secondary N) is 1. The van der Waals surface area contributed by atoms with Gasteiger partial charge >= 0.3 is 0 Å². The molecule has 3 nitrogen and oxygen atoms in total. The number of rotatable bonds is 3. The van der Waals surface area contributed by atoms with Gasteiger partial charge in [0.2, 0.25) is 0 Å². The number of nitrogens with zero attached hydrogens (tertiary/aromatic N) is 2. The zero-order chi connectivity index (χ0) is 9.97. The highest BCUT2D eigenvalue weighted by Gasteiger charge is 2.24. The van der Waals surface area contributed by atoms with Gasteiger partial charge in [0.05, 0.1) is 17.2 Å². The van der Waals surface area contributed by atoms with Gasteiger partial charge in [-0.05, 0) is 26.9 Å². The highest BCUT2D eigenvalue weighted by atomic mass is 32.1. The smallest absolute Gasteiger partial charge is 0.0795 e. The first-order valence-corrected chi connectivity index (χ1v) is 6.04. The second-order valence-electron chi connectivity index (χ2n) is 3.90. The minimum Gasteiger partial charge on any atom is -0.315 e. The zero-order valence-electron chi connectivity index (χ0n) is 8.73. The summed E-state index contributed by atoms with van der Waals surface area (Å²) in [6, 6.07) is 1.11. The Balaban J connectivity index is 2.00. The highest BCUT2D eigenvalue weighted by Crippen LogP contribution is 2.22. The van der Waals surface area contributed by atoms with Crippen molar-refractivity contribution in [1.29, 1.82) is 0 Å².